The number of carbonyl (C=O) groups is 1. The van der Waals surface area contributed by atoms with Crippen LogP contribution in [0.25, 0.3) is 11.1 Å². The molecule has 18 heavy (non-hydrogen) atoms. The first-order chi connectivity index (χ1) is 8.47. The van der Waals surface area contributed by atoms with Crippen molar-refractivity contribution in [3.05, 3.63) is 24.0 Å². The Morgan fingerprint density at radius 2 is 2.22 bits per heavy atom. The number of hydrogen-bond acceptors (Lipinski definition) is 4. The number of anilines is 1. The van der Waals surface area contributed by atoms with Crippen LogP contribution in [0.3, 0.4) is 0 Å². The van der Waals surface area contributed by atoms with Crippen LogP contribution in [0, 0.1) is 11.7 Å². The van der Waals surface area contributed by atoms with Crippen LogP contribution in [0.4, 0.5) is 10.4 Å². The Bertz CT molecular complexity index is 580. The summed E-state index contributed by atoms with van der Waals surface area (Å²) in [6.45, 7) is 3.54. The molecule has 0 amide bonds. The molecule has 0 aliphatic heterocycles. The number of nitrogens with zero attached hydrogens (tertiary/aromatic N) is 1. The zero-order valence-electron chi connectivity index (χ0n) is 9.98. The minimum Gasteiger partial charge on any atom is -0.480 e. The Labute approximate surface area is 103 Å². The van der Waals surface area contributed by atoms with Gasteiger partial charge in [-0.1, -0.05) is 13.8 Å². The van der Waals surface area contributed by atoms with Gasteiger partial charge in [-0.2, -0.15) is 4.98 Å². The van der Waals surface area contributed by atoms with E-state index in [4.69, 9.17) is 9.52 Å². The first kappa shape index (κ1) is 12.3. The van der Waals surface area contributed by atoms with E-state index < -0.39 is 17.8 Å². The number of hydrogen-bond donors (Lipinski definition) is 2. The molecule has 1 heterocycles. The molecule has 0 fully saturated rings. The van der Waals surface area contributed by atoms with Gasteiger partial charge in [-0.25, -0.2) is 9.18 Å². The lowest BCUT2D eigenvalue weighted by atomic mass is 10.1. The van der Waals surface area contributed by atoms with Crippen LogP contribution in [-0.2, 0) is 4.79 Å². The largest absolute Gasteiger partial charge is 0.480 e. The Kier molecular flexibility index (Phi) is 3.18. The number of fused-ring (bicyclic) bond motifs is 1. The number of rotatable bonds is 4. The number of carboxylic acids is 1. The average Bonchev–Trinajstić information content (AvgIpc) is 2.66. The van der Waals surface area contributed by atoms with Gasteiger partial charge in [0.25, 0.3) is 6.01 Å². The maximum absolute atomic E-state index is 13.0. The van der Waals surface area contributed by atoms with Crippen molar-refractivity contribution in [2.75, 3.05) is 5.32 Å². The van der Waals surface area contributed by atoms with E-state index in [1.807, 2.05) is 0 Å². The van der Waals surface area contributed by atoms with Crippen LogP contribution in [-0.4, -0.2) is 22.1 Å². The van der Waals surface area contributed by atoms with E-state index in [9.17, 15) is 9.18 Å². The van der Waals surface area contributed by atoms with Crippen molar-refractivity contribution in [1.29, 1.82) is 0 Å². The summed E-state index contributed by atoms with van der Waals surface area (Å²) in [7, 11) is 0. The van der Waals surface area contributed by atoms with Gasteiger partial charge >= 0.3 is 5.97 Å². The third kappa shape index (κ3) is 2.42. The molecule has 0 spiro atoms. The highest BCUT2D eigenvalue weighted by Crippen LogP contribution is 2.21. The van der Waals surface area contributed by atoms with E-state index in [2.05, 4.69) is 10.3 Å². The van der Waals surface area contributed by atoms with Gasteiger partial charge < -0.3 is 14.8 Å². The van der Waals surface area contributed by atoms with E-state index in [0.29, 0.717) is 11.1 Å². The van der Waals surface area contributed by atoms with Crippen molar-refractivity contribution in [2.45, 2.75) is 19.9 Å². The summed E-state index contributed by atoms with van der Waals surface area (Å²) >= 11 is 0. The van der Waals surface area contributed by atoms with Crippen molar-refractivity contribution in [2.24, 2.45) is 5.92 Å². The number of benzene rings is 1. The van der Waals surface area contributed by atoms with Crippen LogP contribution >= 0.6 is 0 Å². The molecule has 1 aromatic heterocycles. The summed E-state index contributed by atoms with van der Waals surface area (Å²) in [5, 5.41) is 11.7. The second-order valence-corrected chi connectivity index (χ2v) is 4.34. The number of halogens is 1. The Hall–Kier alpha value is -2.11. The molecule has 1 atom stereocenters. The molecule has 2 aromatic rings. The van der Waals surface area contributed by atoms with E-state index in [0.717, 1.165) is 0 Å². The minimum absolute atomic E-state index is 0.0803. The van der Waals surface area contributed by atoms with Crippen LogP contribution in [0.5, 0.6) is 0 Å². The van der Waals surface area contributed by atoms with Gasteiger partial charge in [-0.15, -0.1) is 0 Å². The molecular weight excluding hydrogens is 239 g/mol. The summed E-state index contributed by atoms with van der Waals surface area (Å²) in [4.78, 5) is 15.0. The lowest BCUT2D eigenvalue weighted by Gasteiger charge is -2.15. The Morgan fingerprint density at radius 1 is 1.50 bits per heavy atom. The van der Waals surface area contributed by atoms with Crippen molar-refractivity contribution >= 4 is 23.1 Å². The monoisotopic (exact) mass is 252 g/mol. The van der Waals surface area contributed by atoms with Crippen LogP contribution < -0.4 is 5.32 Å². The second-order valence-electron chi connectivity index (χ2n) is 4.34. The van der Waals surface area contributed by atoms with E-state index in [1.54, 1.807) is 13.8 Å². The zero-order chi connectivity index (χ0) is 13.3. The summed E-state index contributed by atoms with van der Waals surface area (Å²) in [5.41, 5.74) is 0.761. The molecule has 1 aromatic carbocycles. The molecule has 0 saturated carbocycles. The van der Waals surface area contributed by atoms with Crippen LogP contribution in [0.2, 0.25) is 0 Å². The Morgan fingerprint density at radius 3 is 2.83 bits per heavy atom. The van der Waals surface area contributed by atoms with E-state index >= 15 is 0 Å². The number of aliphatic carboxylic acids is 1. The smallest absolute Gasteiger partial charge is 0.326 e. The van der Waals surface area contributed by atoms with Gasteiger partial charge in [0, 0.05) is 6.07 Å². The molecular formula is C12H13FN2O3. The van der Waals surface area contributed by atoms with Gasteiger partial charge in [0.15, 0.2) is 5.58 Å². The van der Waals surface area contributed by atoms with E-state index in [1.165, 1.54) is 18.2 Å². The van der Waals surface area contributed by atoms with Crippen molar-refractivity contribution in [3.63, 3.8) is 0 Å². The highest BCUT2D eigenvalue weighted by molar-refractivity contribution is 5.78. The fraction of sp³-hybridized carbons (Fsp3) is 0.333. The maximum Gasteiger partial charge on any atom is 0.326 e. The summed E-state index contributed by atoms with van der Waals surface area (Å²) < 4.78 is 18.3. The van der Waals surface area contributed by atoms with Gasteiger partial charge in [-0.3, -0.25) is 0 Å². The normalized spacial score (nSPS) is 12.9. The number of carboxylic acid groups (broad SMARTS) is 1. The number of oxazole rings is 1. The fourth-order valence-electron chi connectivity index (χ4n) is 1.61. The standard InChI is InChI=1S/C12H13FN2O3/c1-6(2)10(11(16)17)15-12-14-8-5-7(13)3-4-9(8)18-12/h3-6,10H,1-2H3,(H,14,15)(H,16,17)/t10-/m1/s1. The summed E-state index contributed by atoms with van der Waals surface area (Å²) in [6, 6.07) is 3.22. The molecule has 0 aliphatic rings. The van der Waals surface area contributed by atoms with Gasteiger partial charge in [0.2, 0.25) is 0 Å². The van der Waals surface area contributed by atoms with Crippen molar-refractivity contribution in [1.82, 2.24) is 4.98 Å². The quantitative estimate of drug-likeness (QED) is 0.874. The van der Waals surface area contributed by atoms with Crippen LogP contribution in [0.15, 0.2) is 22.6 Å². The average molecular weight is 252 g/mol. The zero-order valence-corrected chi connectivity index (χ0v) is 9.98. The third-order valence-corrected chi connectivity index (χ3v) is 2.56. The second kappa shape index (κ2) is 4.64. The predicted molar refractivity (Wildman–Crippen MR) is 63.9 cm³/mol. The molecule has 0 radical (unpaired) electrons. The fourth-order valence-corrected chi connectivity index (χ4v) is 1.61. The molecule has 96 valence electrons. The van der Waals surface area contributed by atoms with Crippen LogP contribution in [0.1, 0.15) is 13.8 Å². The first-order valence-corrected chi connectivity index (χ1v) is 5.53. The van der Waals surface area contributed by atoms with Gasteiger partial charge in [0.05, 0.1) is 0 Å². The van der Waals surface area contributed by atoms with Gasteiger partial charge in [-0.05, 0) is 18.1 Å². The van der Waals surface area contributed by atoms with Crippen molar-refractivity contribution < 1.29 is 18.7 Å². The molecule has 5 nitrogen and oxygen atoms in total. The summed E-state index contributed by atoms with van der Waals surface area (Å²) in [5.74, 6) is -1.53. The number of aromatic nitrogens is 1. The predicted octanol–water partition coefficient (Wildman–Crippen LogP) is 2.49. The first-order valence-electron chi connectivity index (χ1n) is 5.53. The summed E-state index contributed by atoms with van der Waals surface area (Å²) in [6.07, 6.45) is 0. The molecule has 2 rings (SSSR count). The minimum atomic E-state index is -0.988. The van der Waals surface area contributed by atoms with Gasteiger partial charge in [0.1, 0.15) is 17.4 Å². The molecule has 0 aliphatic carbocycles. The highest BCUT2D eigenvalue weighted by Gasteiger charge is 2.23. The maximum atomic E-state index is 13.0. The molecule has 2 N–H and O–H groups in total. The molecule has 6 heteroatoms. The number of nitrogens with one attached hydrogen (secondary N) is 1. The lowest BCUT2D eigenvalue weighted by Crippen LogP contribution is -2.34. The highest BCUT2D eigenvalue weighted by atomic mass is 19.1. The van der Waals surface area contributed by atoms with E-state index in [-0.39, 0.29) is 11.9 Å². The molecule has 0 saturated heterocycles. The molecule has 0 unspecified atom stereocenters. The Balaban J connectivity index is 2.28. The SMILES string of the molecule is CC(C)[C@@H](Nc1nc2cc(F)ccc2o1)C(=O)O. The van der Waals surface area contributed by atoms with Crippen molar-refractivity contribution in [3.8, 4) is 0 Å². The third-order valence-electron chi connectivity index (χ3n) is 2.56. The topological polar surface area (TPSA) is 75.4 Å². The lowest BCUT2D eigenvalue weighted by molar-refractivity contribution is -0.138. The molecule has 0 bridgehead atoms.